The van der Waals surface area contributed by atoms with Gasteiger partial charge in [0.25, 0.3) is 5.56 Å². The molecule has 0 unspecified atom stereocenters. The van der Waals surface area contributed by atoms with Crippen LogP contribution >= 0.6 is 0 Å². The van der Waals surface area contributed by atoms with Gasteiger partial charge < -0.3 is 5.32 Å². The van der Waals surface area contributed by atoms with Crippen LogP contribution in [0.2, 0.25) is 0 Å². The summed E-state index contributed by atoms with van der Waals surface area (Å²) in [6.07, 6.45) is 1.83. The molecule has 0 aliphatic carbocycles. The maximum absolute atomic E-state index is 12.9. The second-order valence-corrected chi connectivity index (χ2v) is 6.81. The van der Waals surface area contributed by atoms with E-state index in [0.29, 0.717) is 22.4 Å². The maximum atomic E-state index is 12.9. The molecular formula is C19H19N7O2. The predicted octanol–water partition coefficient (Wildman–Crippen LogP) is 1.35. The van der Waals surface area contributed by atoms with Crippen molar-refractivity contribution in [3.63, 3.8) is 0 Å². The van der Waals surface area contributed by atoms with Crippen LogP contribution in [0.5, 0.6) is 0 Å². The summed E-state index contributed by atoms with van der Waals surface area (Å²) in [5, 5.41) is 19.5. The van der Waals surface area contributed by atoms with Gasteiger partial charge in [0.15, 0.2) is 11.5 Å². The fourth-order valence-corrected chi connectivity index (χ4v) is 3.16. The number of aromatic nitrogens is 6. The van der Waals surface area contributed by atoms with Gasteiger partial charge in [-0.15, -0.1) is 15.3 Å². The van der Waals surface area contributed by atoms with Crippen molar-refractivity contribution in [1.82, 2.24) is 34.9 Å². The molecule has 0 saturated carbocycles. The van der Waals surface area contributed by atoms with Gasteiger partial charge in [0, 0.05) is 6.20 Å². The van der Waals surface area contributed by atoms with Crippen molar-refractivity contribution in [3.05, 3.63) is 64.8 Å². The molecule has 1 aromatic carbocycles. The zero-order chi connectivity index (χ0) is 19.7. The van der Waals surface area contributed by atoms with Crippen molar-refractivity contribution in [2.75, 3.05) is 0 Å². The van der Waals surface area contributed by atoms with E-state index in [9.17, 15) is 9.59 Å². The van der Waals surface area contributed by atoms with Crippen LogP contribution in [0, 0.1) is 5.92 Å². The highest BCUT2D eigenvalue weighted by molar-refractivity contribution is 5.81. The SMILES string of the molecule is CC(C)[C@H](C(=O)NCc1nnc2ccccn12)n1nnc2ccccc2c1=O. The number of hydrogen-bond acceptors (Lipinski definition) is 6. The number of benzene rings is 1. The molecule has 4 aromatic rings. The minimum absolute atomic E-state index is 0.164. The third kappa shape index (κ3) is 3.11. The standard InChI is InChI=1S/C19H19N7O2/c1-12(2)17(26-19(28)13-7-3-4-8-14(13)21-24-26)18(27)20-11-16-23-22-15-9-5-6-10-25(15)16/h3-10,12,17H,11H2,1-2H3,(H,20,27)/t17-/m1/s1. The lowest BCUT2D eigenvalue weighted by Crippen LogP contribution is -2.41. The van der Waals surface area contributed by atoms with Gasteiger partial charge in [0.05, 0.1) is 11.9 Å². The smallest absolute Gasteiger partial charge is 0.278 e. The molecule has 142 valence electrons. The number of carbonyl (C=O) groups excluding carboxylic acids is 1. The Balaban J connectivity index is 1.62. The van der Waals surface area contributed by atoms with E-state index in [1.54, 1.807) is 28.7 Å². The van der Waals surface area contributed by atoms with Crippen molar-refractivity contribution in [3.8, 4) is 0 Å². The normalized spacial score (nSPS) is 12.5. The molecule has 0 saturated heterocycles. The Labute approximate surface area is 160 Å². The highest BCUT2D eigenvalue weighted by Crippen LogP contribution is 2.16. The zero-order valence-electron chi connectivity index (χ0n) is 15.5. The summed E-state index contributed by atoms with van der Waals surface area (Å²) in [5.41, 5.74) is 0.859. The molecule has 28 heavy (non-hydrogen) atoms. The van der Waals surface area contributed by atoms with Crippen molar-refractivity contribution < 1.29 is 4.79 Å². The summed E-state index contributed by atoms with van der Waals surface area (Å²) in [6, 6.07) is 11.7. The number of hydrogen-bond donors (Lipinski definition) is 1. The number of nitrogens with zero attached hydrogens (tertiary/aromatic N) is 6. The minimum atomic E-state index is -0.788. The third-order valence-corrected chi connectivity index (χ3v) is 4.56. The highest BCUT2D eigenvalue weighted by atomic mass is 16.2. The number of pyridine rings is 1. The summed E-state index contributed by atoms with van der Waals surface area (Å²) in [7, 11) is 0. The molecule has 0 aliphatic heterocycles. The highest BCUT2D eigenvalue weighted by Gasteiger charge is 2.27. The van der Waals surface area contributed by atoms with E-state index in [0.717, 1.165) is 4.68 Å². The van der Waals surface area contributed by atoms with E-state index < -0.39 is 6.04 Å². The molecule has 0 bridgehead atoms. The van der Waals surface area contributed by atoms with Crippen molar-refractivity contribution in [2.24, 2.45) is 5.92 Å². The van der Waals surface area contributed by atoms with Gasteiger partial charge in [-0.05, 0) is 30.2 Å². The van der Waals surface area contributed by atoms with Gasteiger partial charge in [-0.3, -0.25) is 14.0 Å². The molecule has 1 atom stereocenters. The first kappa shape index (κ1) is 17.8. The third-order valence-electron chi connectivity index (χ3n) is 4.56. The van der Waals surface area contributed by atoms with Gasteiger partial charge >= 0.3 is 0 Å². The number of amides is 1. The fraction of sp³-hybridized carbons (Fsp3) is 0.263. The lowest BCUT2D eigenvalue weighted by atomic mass is 10.0. The molecular weight excluding hydrogens is 358 g/mol. The minimum Gasteiger partial charge on any atom is -0.347 e. The summed E-state index contributed by atoms with van der Waals surface area (Å²) < 4.78 is 2.96. The maximum Gasteiger partial charge on any atom is 0.278 e. The summed E-state index contributed by atoms with van der Waals surface area (Å²) in [6.45, 7) is 3.91. The van der Waals surface area contributed by atoms with Crippen LogP contribution in [0.25, 0.3) is 16.6 Å². The van der Waals surface area contributed by atoms with Crippen molar-refractivity contribution >= 4 is 22.5 Å². The van der Waals surface area contributed by atoms with Gasteiger partial charge in [-0.25, -0.2) is 0 Å². The number of fused-ring (bicyclic) bond motifs is 2. The van der Waals surface area contributed by atoms with Gasteiger partial charge in [-0.2, -0.15) is 4.68 Å². The molecule has 1 amide bonds. The number of carbonyl (C=O) groups is 1. The zero-order valence-corrected chi connectivity index (χ0v) is 15.5. The van der Waals surface area contributed by atoms with E-state index in [4.69, 9.17) is 0 Å². The van der Waals surface area contributed by atoms with Gasteiger partial charge in [0.1, 0.15) is 11.6 Å². The first-order chi connectivity index (χ1) is 13.6. The molecule has 3 heterocycles. The number of rotatable bonds is 5. The average Bonchev–Trinajstić information content (AvgIpc) is 3.11. The Morgan fingerprint density at radius 1 is 1.07 bits per heavy atom. The summed E-state index contributed by atoms with van der Waals surface area (Å²) in [4.78, 5) is 25.7. The van der Waals surface area contributed by atoms with Crippen LogP contribution in [0.3, 0.4) is 0 Å². The molecule has 1 N–H and O–H groups in total. The van der Waals surface area contributed by atoms with E-state index in [1.807, 2.05) is 38.2 Å². The van der Waals surface area contributed by atoms with E-state index in [2.05, 4.69) is 25.8 Å². The molecule has 0 fully saturated rings. The van der Waals surface area contributed by atoms with Gasteiger partial charge in [0.2, 0.25) is 5.91 Å². The first-order valence-corrected chi connectivity index (χ1v) is 8.97. The van der Waals surface area contributed by atoms with Crippen LogP contribution < -0.4 is 10.9 Å². The van der Waals surface area contributed by atoms with Crippen LogP contribution in [0.4, 0.5) is 0 Å². The van der Waals surface area contributed by atoms with Crippen molar-refractivity contribution in [1.29, 1.82) is 0 Å². The first-order valence-electron chi connectivity index (χ1n) is 8.97. The van der Waals surface area contributed by atoms with Crippen LogP contribution in [0.15, 0.2) is 53.5 Å². The Morgan fingerprint density at radius 2 is 1.86 bits per heavy atom. The lowest BCUT2D eigenvalue weighted by molar-refractivity contribution is -0.126. The van der Waals surface area contributed by atoms with E-state index in [1.165, 1.54) is 0 Å². The quantitative estimate of drug-likeness (QED) is 0.563. The Morgan fingerprint density at radius 3 is 2.68 bits per heavy atom. The van der Waals surface area contributed by atoms with E-state index >= 15 is 0 Å². The molecule has 9 nitrogen and oxygen atoms in total. The second-order valence-electron chi connectivity index (χ2n) is 6.81. The summed E-state index contributed by atoms with van der Waals surface area (Å²) in [5.74, 6) is 0.112. The molecule has 0 spiro atoms. The number of nitrogens with one attached hydrogen (secondary N) is 1. The molecule has 3 aromatic heterocycles. The predicted molar refractivity (Wildman–Crippen MR) is 103 cm³/mol. The Bertz CT molecular complexity index is 1210. The van der Waals surface area contributed by atoms with E-state index in [-0.39, 0.29) is 23.9 Å². The molecule has 0 aliphatic rings. The summed E-state index contributed by atoms with van der Waals surface area (Å²) >= 11 is 0. The topological polar surface area (TPSA) is 107 Å². The Hall–Kier alpha value is -3.62. The van der Waals surface area contributed by atoms with Crippen LogP contribution in [-0.2, 0) is 11.3 Å². The molecule has 4 rings (SSSR count). The fourth-order valence-electron chi connectivity index (χ4n) is 3.16. The van der Waals surface area contributed by atoms with Gasteiger partial charge in [-0.1, -0.05) is 37.3 Å². The Kier molecular flexibility index (Phi) is 4.56. The lowest BCUT2D eigenvalue weighted by Gasteiger charge is -2.21. The van der Waals surface area contributed by atoms with Crippen LogP contribution in [-0.4, -0.2) is 35.5 Å². The largest absolute Gasteiger partial charge is 0.347 e. The molecule has 0 radical (unpaired) electrons. The molecule has 9 heteroatoms. The van der Waals surface area contributed by atoms with Crippen LogP contribution in [0.1, 0.15) is 25.7 Å². The average molecular weight is 377 g/mol. The monoisotopic (exact) mass is 377 g/mol. The van der Waals surface area contributed by atoms with Crippen molar-refractivity contribution in [2.45, 2.75) is 26.4 Å². The second kappa shape index (κ2) is 7.18.